The lowest BCUT2D eigenvalue weighted by atomic mass is 10.2. The zero-order valence-electron chi connectivity index (χ0n) is 12.1. The molecule has 1 rings (SSSR count). The molecule has 0 aliphatic heterocycles. The SMILES string of the molecule is CCCS(=O)(=O)N(C)c1cc(C)cc(OC)c1OC. The Balaban J connectivity index is 3.37. The van der Waals surface area contributed by atoms with Gasteiger partial charge in [-0.3, -0.25) is 4.31 Å². The quantitative estimate of drug-likeness (QED) is 0.805. The molecular weight excluding hydrogens is 266 g/mol. The Morgan fingerprint density at radius 2 is 1.84 bits per heavy atom. The standard InChI is InChI=1S/C13H21NO4S/c1-6-7-19(15,16)14(3)11-8-10(2)9-12(17-4)13(11)18-5/h8-9H,6-7H2,1-5H3. The largest absolute Gasteiger partial charge is 0.493 e. The lowest BCUT2D eigenvalue weighted by Gasteiger charge is -2.23. The van der Waals surface area contributed by atoms with Crippen LogP contribution in [-0.2, 0) is 10.0 Å². The van der Waals surface area contributed by atoms with Gasteiger partial charge in [-0.1, -0.05) is 6.92 Å². The average molecular weight is 287 g/mol. The third-order valence-electron chi connectivity index (χ3n) is 2.82. The molecule has 6 heteroatoms. The molecule has 0 aliphatic carbocycles. The highest BCUT2D eigenvalue weighted by molar-refractivity contribution is 7.92. The van der Waals surface area contributed by atoms with Crippen LogP contribution in [0.2, 0.25) is 0 Å². The van der Waals surface area contributed by atoms with Gasteiger partial charge in [-0.25, -0.2) is 8.42 Å². The monoisotopic (exact) mass is 287 g/mol. The molecule has 0 spiro atoms. The molecule has 0 saturated heterocycles. The zero-order valence-corrected chi connectivity index (χ0v) is 12.9. The summed E-state index contributed by atoms with van der Waals surface area (Å²) in [7, 11) is 1.22. The van der Waals surface area contributed by atoms with Gasteiger partial charge in [-0.2, -0.15) is 0 Å². The molecule has 1 aromatic carbocycles. The fraction of sp³-hybridized carbons (Fsp3) is 0.538. The summed E-state index contributed by atoms with van der Waals surface area (Å²) in [5.74, 6) is 1.05. The molecule has 0 aliphatic rings. The average Bonchev–Trinajstić information content (AvgIpc) is 2.36. The molecule has 5 nitrogen and oxygen atoms in total. The van der Waals surface area contributed by atoms with Gasteiger partial charge >= 0.3 is 0 Å². The van der Waals surface area contributed by atoms with E-state index in [2.05, 4.69) is 0 Å². The van der Waals surface area contributed by atoms with Gasteiger partial charge in [0.1, 0.15) is 0 Å². The van der Waals surface area contributed by atoms with Crippen LogP contribution in [-0.4, -0.2) is 35.4 Å². The van der Waals surface area contributed by atoms with Crippen molar-refractivity contribution < 1.29 is 17.9 Å². The Hall–Kier alpha value is -1.43. The number of hydrogen-bond donors (Lipinski definition) is 0. The van der Waals surface area contributed by atoms with Gasteiger partial charge < -0.3 is 9.47 Å². The van der Waals surface area contributed by atoms with E-state index >= 15 is 0 Å². The number of rotatable bonds is 6. The minimum absolute atomic E-state index is 0.100. The smallest absolute Gasteiger partial charge is 0.235 e. The predicted molar refractivity (Wildman–Crippen MR) is 76.8 cm³/mol. The third kappa shape index (κ3) is 3.32. The van der Waals surface area contributed by atoms with Crippen molar-refractivity contribution >= 4 is 15.7 Å². The summed E-state index contributed by atoms with van der Waals surface area (Å²) in [5, 5.41) is 0. The molecule has 0 N–H and O–H groups in total. The molecule has 1 aromatic rings. The number of sulfonamides is 1. The van der Waals surface area contributed by atoms with E-state index in [4.69, 9.17) is 9.47 Å². The Morgan fingerprint density at radius 3 is 2.32 bits per heavy atom. The van der Waals surface area contributed by atoms with Crippen molar-refractivity contribution in [3.05, 3.63) is 17.7 Å². The summed E-state index contributed by atoms with van der Waals surface area (Å²) in [5.41, 5.74) is 1.40. The van der Waals surface area contributed by atoms with Crippen molar-refractivity contribution in [1.29, 1.82) is 0 Å². The number of methoxy groups -OCH3 is 2. The van der Waals surface area contributed by atoms with Crippen molar-refractivity contribution in [3.8, 4) is 11.5 Å². The van der Waals surface area contributed by atoms with Crippen LogP contribution < -0.4 is 13.8 Å². The van der Waals surface area contributed by atoms with Gasteiger partial charge in [0.2, 0.25) is 10.0 Å². The molecule has 0 amide bonds. The summed E-state index contributed by atoms with van der Waals surface area (Å²) in [6.45, 7) is 3.71. The van der Waals surface area contributed by atoms with E-state index in [9.17, 15) is 8.42 Å². The van der Waals surface area contributed by atoms with Crippen LogP contribution in [0.3, 0.4) is 0 Å². The number of nitrogens with zero attached hydrogens (tertiary/aromatic N) is 1. The van der Waals surface area contributed by atoms with Crippen LogP contribution in [0.25, 0.3) is 0 Å². The van der Waals surface area contributed by atoms with Crippen LogP contribution in [0.5, 0.6) is 11.5 Å². The van der Waals surface area contributed by atoms with Crippen LogP contribution in [0.4, 0.5) is 5.69 Å². The van der Waals surface area contributed by atoms with E-state index in [1.165, 1.54) is 25.6 Å². The molecule has 0 heterocycles. The highest BCUT2D eigenvalue weighted by atomic mass is 32.2. The Morgan fingerprint density at radius 1 is 1.21 bits per heavy atom. The molecule has 0 bridgehead atoms. The first-order valence-electron chi connectivity index (χ1n) is 6.06. The first-order chi connectivity index (χ1) is 8.87. The topological polar surface area (TPSA) is 55.8 Å². The van der Waals surface area contributed by atoms with Gasteiger partial charge in [0.05, 0.1) is 25.7 Å². The van der Waals surface area contributed by atoms with Crippen LogP contribution >= 0.6 is 0 Å². The number of aryl methyl sites for hydroxylation is 1. The second-order valence-corrected chi connectivity index (χ2v) is 6.42. The molecule has 0 atom stereocenters. The highest BCUT2D eigenvalue weighted by Gasteiger charge is 2.23. The third-order valence-corrected chi connectivity index (χ3v) is 4.78. The molecule has 19 heavy (non-hydrogen) atoms. The van der Waals surface area contributed by atoms with Crippen molar-refractivity contribution in [1.82, 2.24) is 0 Å². The Labute approximate surface area is 115 Å². The second-order valence-electron chi connectivity index (χ2n) is 4.30. The fourth-order valence-corrected chi connectivity index (χ4v) is 3.08. The fourth-order valence-electron chi connectivity index (χ4n) is 1.86. The normalized spacial score (nSPS) is 11.2. The van der Waals surface area contributed by atoms with Crippen molar-refractivity contribution in [2.24, 2.45) is 0 Å². The van der Waals surface area contributed by atoms with E-state index in [1.54, 1.807) is 6.07 Å². The van der Waals surface area contributed by atoms with Gasteiger partial charge in [-0.05, 0) is 31.0 Å². The maximum atomic E-state index is 12.1. The lowest BCUT2D eigenvalue weighted by Crippen LogP contribution is -2.29. The zero-order chi connectivity index (χ0) is 14.6. The Bertz CT molecular complexity index is 540. The summed E-state index contributed by atoms with van der Waals surface area (Å²) in [4.78, 5) is 0. The van der Waals surface area contributed by atoms with Crippen molar-refractivity contribution in [3.63, 3.8) is 0 Å². The summed E-state index contributed by atoms with van der Waals surface area (Å²) in [6.07, 6.45) is 0.567. The van der Waals surface area contributed by atoms with E-state index in [-0.39, 0.29) is 5.75 Å². The van der Waals surface area contributed by atoms with Crippen molar-refractivity contribution in [2.75, 3.05) is 31.3 Å². The van der Waals surface area contributed by atoms with Crippen LogP contribution in [0.15, 0.2) is 12.1 Å². The lowest BCUT2D eigenvalue weighted by molar-refractivity contribution is 0.355. The molecule has 0 aromatic heterocycles. The molecule has 0 saturated carbocycles. The van der Waals surface area contributed by atoms with Crippen LogP contribution in [0.1, 0.15) is 18.9 Å². The number of ether oxygens (including phenoxy) is 2. The molecule has 0 radical (unpaired) electrons. The number of anilines is 1. The molecule has 108 valence electrons. The highest BCUT2D eigenvalue weighted by Crippen LogP contribution is 2.39. The molecule has 0 fully saturated rings. The number of hydrogen-bond acceptors (Lipinski definition) is 4. The number of benzene rings is 1. The molecular formula is C13H21NO4S. The van der Waals surface area contributed by atoms with E-state index in [1.807, 2.05) is 19.9 Å². The van der Waals surface area contributed by atoms with Gasteiger partial charge in [0.15, 0.2) is 11.5 Å². The summed E-state index contributed by atoms with van der Waals surface area (Å²) in [6, 6.07) is 3.58. The van der Waals surface area contributed by atoms with Crippen LogP contribution in [0, 0.1) is 6.92 Å². The van der Waals surface area contributed by atoms with Gasteiger partial charge in [0.25, 0.3) is 0 Å². The second kappa shape index (κ2) is 6.14. The summed E-state index contributed by atoms with van der Waals surface area (Å²) < 4.78 is 36.1. The Kier molecular flexibility index (Phi) is 5.05. The van der Waals surface area contributed by atoms with Crippen molar-refractivity contribution in [2.45, 2.75) is 20.3 Å². The van der Waals surface area contributed by atoms with E-state index in [0.717, 1.165) is 5.56 Å². The van der Waals surface area contributed by atoms with E-state index < -0.39 is 10.0 Å². The van der Waals surface area contributed by atoms with E-state index in [0.29, 0.717) is 23.6 Å². The van der Waals surface area contributed by atoms with Gasteiger partial charge in [-0.15, -0.1) is 0 Å². The minimum Gasteiger partial charge on any atom is -0.493 e. The van der Waals surface area contributed by atoms with Gasteiger partial charge in [0, 0.05) is 7.05 Å². The first-order valence-corrected chi connectivity index (χ1v) is 7.67. The minimum atomic E-state index is -3.34. The molecule has 0 unspecified atom stereocenters. The summed E-state index contributed by atoms with van der Waals surface area (Å²) >= 11 is 0. The predicted octanol–water partition coefficient (Wildman–Crippen LogP) is 2.19. The first kappa shape index (κ1) is 15.6. The maximum Gasteiger partial charge on any atom is 0.235 e. The maximum absolute atomic E-state index is 12.1.